The Labute approximate surface area is 108 Å². The van der Waals surface area contributed by atoms with E-state index >= 15 is 0 Å². The molecule has 0 saturated heterocycles. The van der Waals surface area contributed by atoms with Gasteiger partial charge in [0.2, 0.25) is 0 Å². The van der Waals surface area contributed by atoms with Gasteiger partial charge in [-0.3, -0.25) is 0 Å². The van der Waals surface area contributed by atoms with E-state index in [0.717, 1.165) is 29.6 Å². The SMILES string of the molecule is C=C/C(C)=C\C(=C)C(=C)CCC=C(C)C.CC. The normalized spacial score (nSPS) is 9.82. The van der Waals surface area contributed by atoms with E-state index in [-0.39, 0.29) is 0 Å². The summed E-state index contributed by atoms with van der Waals surface area (Å²) in [6, 6.07) is 0. The van der Waals surface area contributed by atoms with E-state index in [9.17, 15) is 0 Å². The summed E-state index contributed by atoms with van der Waals surface area (Å²) in [5.74, 6) is 0. The first-order valence-corrected chi connectivity index (χ1v) is 6.28. The van der Waals surface area contributed by atoms with Gasteiger partial charge in [-0.15, -0.1) is 0 Å². The molecule has 0 aromatic carbocycles. The van der Waals surface area contributed by atoms with Gasteiger partial charge in [0.15, 0.2) is 0 Å². The smallest absolute Gasteiger partial charge is 0.0244 e. The van der Waals surface area contributed by atoms with Crippen molar-refractivity contribution >= 4 is 0 Å². The van der Waals surface area contributed by atoms with Crippen LogP contribution >= 0.6 is 0 Å². The lowest BCUT2D eigenvalue weighted by atomic mass is 10.0. The average molecular weight is 232 g/mol. The van der Waals surface area contributed by atoms with Gasteiger partial charge in [-0.2, -0.15) is 0 Å². The quantitative estimate of drug-likeness (QED) is 0.389. The van der Waals surface area contributed by atoms with Gasteiger partial charge < -0.3 is 0 Å². The Hall–Kier alpha value is -1.30. The van der Waals surface area contributed by atoms with Gasteiger partial charge in [0, 0.05) is 0 Å². The van der Waals surface area contributed by atoms with Crippen LogP contribution < -0.4 is 0 Å². The van der Waals surface area contributed by atoms with Crippen molar-refractivity contribution in [3.63, 3.8) is 0 Å². The molecule has 0 amide bonds. The summed E-state index contributed by atoms with van der Waals surface area (Å²) in [6.45, 7) is 22.0. The van der Waals surface area contributed by atoms with Gasteiger partial charge in [-0.05, 0) is 44.8 Å². The summed E-state index contributed by atoms with van der Waals surface area (Å²) in [5, 5.41) is 0. The lowest BCUT2D eigenvalue weighted by molar-refractivity contribution is 0.987. The van der Waals surface area contributed by atoms with Crippen molar-refractivity contribution in [3.05, 3.63) is 60.3 Å². The van der Waals surface area contributed by atoms with Crippen LogP contribution in [0.15, 0.2) is 60.3 Å². The first-order valence-electron chi connectivity index (χ1n) is 6.28. The molecule has 0 spiro atoms. The second-order valence-corrected chi connectivity index (χ2v) is 4.04. The Kier molecular flexibility index (Phi) is 11.9. The molecule has 0 radical (unpaired) electrons. The predicted molar refractivity (Wildman–Crippen MR) is 82.2 cm³/mol. The molecule has 0 aliphatic heterocycles. The summed E-state index contributed by atoms with van der Waals surface area (Å²) in [4.78, 5) is 0. The zero-order valence-electron chi connectivity index (χ0n) is 12.3. The van der Waals surface area contributed by atoms with Gasteiger partial charge >= 0.3 is 0 Å². The number of rotatable bonds is 6. The maximum Gasteiger partial charge on any atom is -0.0244 e. The molecule has 17 heavy (non-hydrogen) atoms. The number of allylic oxidation sites excluding steroid dienone is 7. The molecule has 0 aromatic rings. The van der Waals surface area contributed by atoms with Crippen molar-refractivity contribution in [1.29, 1.82) is 0 Å². The van der Waals surface area contributed by atoms with Crippen LogP contribution in [0.25, 0.3) is 0 Å². The Bertz CT molecular complexity index is 307. The van der Waals surface area contributed by atoms with Crippen molar-refractivity contribution in [2.24, 2.45) is 0 Å². The van der Waals surface area contributed by atoms with Crippen LogP contribution in [0.5, 0.6) is 0 Å². The van der Waals surface area contributed by atoms with E-state index in [1.165, 1.54) is 5.57 Å². The fourth-order valence-corrected chi connectivity index (χ4v) is 1.13. The van der Waals surface area contributed by atoms with E-state index < -0.39 is 0 Å². The van der Waals surface area contributed by atoms with E-state index in [4.69, 9.17) is 0 Å². The van der Waals surface area contributed by atoms with Gasteiger partial charge in [-0.25, -0.2) is 0 Å². The standard InChI is InChI=1S/C15H22.C2H6/c1-7-13(4)11-15(6)14(5)10-8-9-12(2)3;1-2/h7,9,11H,1,5-6,8,10H2,2-4H3;1-2H3/b13-11-;. The molecule has 0 aliphatic rings. The topological polar surface area (TPSA) is 0 Å². The third-order valence-electron chi connectivity index (χ3n) is 2.18. The molecular formula is C17H28. The third kappa shape index (κ3) is 11.0. The summed E-state index contributed by atoms with van der Waals surface area (Å²) in [5.41, 5.74) is 4.60. The van der Waals surface area contributed by atoms with E-state index in [2.05, 4.69) is 39.7 Å². The largest absolute Gasteiger partial charge is 0.0988 e. The molecule has 96 valence electrons. The lowest BCUT2D eigenvalue weighted by Gasteiger charge is -2.04. The van der Waals surface area contributed by atoms with Crippen LogP contribution in [-0.4, -0.2) is 0 Å². The summed E-state index contributed by atoms with van der Waals surface area (Å²) >= 11 is 0. The third-order valence-corrected chi connectivity index (χ3v) is 2.18. The molecule has 0 rings (SSSR count). The number of hydrogen-bond acceptors (Lipinski definition) is 0. The molecule has 0 N–H and O–H groups in total. The maximum absolute atomic E-state index is 4.03. The Morgan fingerprint density at radius 3 is 2.00 bits per heavy atom. The van der Waals surface area contributed by atoms with Gasteiger partial charge in [0.1, 0.15) is 0 Å². The lowest BCUT2D eigenvalue weighted by Crippen LogP contribution is -1.84. The molecule has 0 fully saturated rings. The van der Waals surface area contributed by atoms with Gasteiger partial charge in [0.25, 0.3) is 0 Å². The minimum atomic E-state index is 0.977. The van der Waals surface area contributed by atoms with Crippen molar-refractivity contribution in [2.75, 3.05) is 0 Å². The minimum absolute atomic E-state index is 0.977. The van der Waals surface area contributed by atoms with E-state index in [1.807, 2.05) is 32.9 Å². The minimum Gasteiger partial charge on any atom is -0.0988 e. The van der Waals surface area contributed by atoms with Crippen molar-refractivity contribution < 1.29 is 0 Å². The average Bonchev–Trinajstić information content (AvgIpc) is 2.30. The van der Waals surface area contributed by atoms with Crippen LogP contribution in [0.1, 0.15) is 47.5 Å². The summed E-state index contributed by atoms with van der Waals surface area (Å²) < 4.78 is 0. The number of hydrogen-bond donors (Lipinski definition) is 0. The van der Waals surface area contributed by atoms with E-state index in [1.54, 1.807) is 0 Å². The zero-order chi connectivity index (χ0) is 13.8. The molecule has 0 aliphatic carbocycles. The highest BCUT2D eigenvalue weighted by molar-refractivity contribution is 5.39. The second-order valence-electron chi connectivity index (χ2n) is 4.04. The molecule has 0 heterocycles. The molecule has 0 aromatic heterocycles. The Morgan fingerprint density at radius 2 is 1.59 bits per heavy atom. The second kappa shape index (κ2) is 11.2. The summed E-state index contributed by atoms with van der Waals surface area (Å²) in [7, 11) is 0. The van der Waals surface area contributed by atoms with Crippen LogP contribution in [0.2, 0.25) is 0 Å². The first-order chi connectivity index (χ1) is 7.97. The first kappa shape index (κ1) is 18.1. The molecule has 0 nitrogen and oxygen atoms in total. The fourth-order valence-electron chi connectivity index (χ4n) is 1.13. The van der Waals surface area contributed by atoms with Crippen LogP contribution in [0.4, 0.5) is 0 Å². The summed E-state index contributed by atoms with van der Waals surface area (Å²) in [6.07, 6.45) is 8.10. The van der Waals surface area contributed by atoms with Crippen molar-refractivity contribution in [1.82, 2.24) is 0 Å². The van der Waals surface area contributed by atoms with Crippen molar-refractivity contribution in [2.45, 2.75) is 47.5 Å². The Balaban J connectivity index is 0. The van der Waals surface area contributed by atoms with Crippen LogP contribution in [0.3, 0.4) is 0 Å². The van der Waals surface area contributed by atoms with Crippen LogP contribution in [-0.2, 0) is 0 Å². The van der Waals surface area contributed by atoms with Crippen LogP contribution in [0, 0.1) is 0 Å². The van der Waals surface area contributed by atoms with Gasteiger partial charge in [0.05, 0.1) is 0 Å². The molecule has 0 heteroatoms. The highest BCUT2D eigenvalue weighted by Crippen LogP contribution is 2.16. The van der Waals surface area contributed by atoms with E-state index in [0.29, 0.717) is 0 Å². The predicted octanol–water partition coefficient (Wildman–Crippen LogP) is 6.00. The highest BCUT2D eigenvalue weighted by Gasteiger charge is 1.96. The molecular weight excluding hydrogens is 204 g/mol. The highest BCUT2D eigenvalue weighted by atomic mass is 14.0. The Morgan fingerprint density at radius 1 is 1.06 bits per heavy atom. The molecule has 0 bridgehead atoms. The van der Waals surface area contributed by atoms with Crippen molar-refractivity contribution in [3.8, 4) is 0 Å². The zero-order valence-corrected chi connectivity index (χ0v) is 12.3. The molecule has 0 saturated carbocycles. The fraction of sp³-hybridized carbons (Fsp3) is 0.412. The maximum atomic E-state index is 4.03. The van der Waals surface area contributed by atoms with Gasteiger partial charge in [-0.1, -0.05) is 63.0 Å². The monoisotopic (exact) mass is 232 g/mol. The molecule has 0 atom stereocenters. The molecule has 0 unspecified atom stereocenters.